The highest BCUT2D eigenvalue weighted by molar-refractivity contribution is 5.94. The molecular weight excluding hydrogens is 238 g/mol. The number of rotatable bonds is 4. The molecule has 1 unspecified atom stereocenters. The van der Waals surface area contributed by atoms with Crippen LogP contribution in [0.4, 0.5) is 5.82 Å². The van der Waals surface area contributed by atoms with Gasteiger partial charge in [0.1, 0.15) is 5.82 Å². The minimum Gasteiger partial charge on any atom is -0.370 e. The van der Waals surface area contributed by atoms with Gasteiger partial charge >= 0.3 is 0 Å². The van der Waals surface area contributed by atoms with Crippen LogP contribution in [0.1, 0.15) is 49.9 Å². The number of likely N-dealkylation sites (tertiary alicyclic amines) is 1. The highest BCUT2D eigenvalue weighted by Gasteiger charge is 2.26. The Balaban J connectivity index is 2.09. The molecule has 0 spiro atoms. The van der Waals surface area contributed by atoms with Gasteiger partial charge in [-0.1, -0.05) is 6.92 Å². The number of carbonyl (C=O) groups is 1. The largest absolute Gasteiger partial charge is 0.370 e. The molecule has 1 aromatic heterocycles. The molecule has 0 saturated carbocycles. The zero-order valence-electron chi connectivity index (χ0n) is 11.9. The van der Waals surface area contributed by atoms with Gasteiger partial charge < -0.3 is 10.2 Å². The number of pyridine rings is 1. The molecule has 2 heterocycles. The molecule has 0 aliphatic carbocycles. The number of amides is 1. The first-order valence-corrected chi connectivity index (χ1v) is 7.27. The Morgan fingerprint density at radius 1 is 1.42 bits per heavy atom. The summed E-state index contributed by atoms with van der Waals surface area (Å²) in [6, 6.07) is 4.14. The second kappa shape index (κ2) is 6.55. The van der Waals surface area contributed by atoms with Crippen molar-refractivity contribution < 1.29 is 4.79 Å². The Hall–Kier alpha value is -1.58. The van der Waals surface area contributed by atoms with Gasteiger partial charge in [-0.05, 0) is 44.7 Å². The van der Waals surface area contributed by atoms with E-state index < -0.39 is 0 Å². The molecule has 1 amide bonds. The molecular formula is C15H23N3O. The molecule has 1 atom stereocenters. The summed E-state index contributed by atoms with van der Waals surface area (Å²) in [6.45, 7) is 5.90. The lowest BCUT2D eigenvalue weighted by Crippen LogP contribution is -2.43. The van der Waals surface area contributed by atoms with Crippen molar-refractivity contribution in [2.45, 2.75) is 45.6 Å². The summed E-state index contributed by atoms with van der Waals surface area (Å²) < 4.78 is 0. The van der Waals surface area contributed by atoms with E-state index in [9.17, 15) is 4.79 Å². The molecule has 1 saturated heterocycles. The minimum absolute atomic E-state index is 0.127. The molecule has 1 N–H and O–H groups in total. The second-order valence-corrected chi connectivity index (χ2v) is 5.02. The van der Waals surface area contributed by atoms with Crippen molar-refractivity contribution in [2.75, 3.05) is 18.4 Å². The van der Waals surface area contributed by atoms with Crippen LogP contribution in [0.15, 0.2) is 18.3 Å². The maximum Gasteiger partial charge on any atom is 0.255 e. The number of nitrogens with one attached hydrogen (secondary N) is 1. The molecule has 1 fully saturated rings. The van der Waals surface area contributed by atoms with Crippen LogP contribution in [-0.2, 0) is 0 Å². The summed E-state index contributed by atoms with van der Waals surface area (Å²) in [5.74, 6) is 0.951. The van der Waals surface area contributed by atoms with Crippen molar-refractivity contribution in [3.63, 3.8) is 0 Å². The Labute approximate surface area is 115 Å². The van der Waals surface area contributed by atoms with E-state index in [4.69, 9.17) is 0 Å². The first-order chi connectivity index (χ1) is 9.26. The van der Waals surface area contributed by atoms with Crippen LogP contribution in [0.25, 0.3) is 0 Å². The van der Waals surface area contributed by atoms with Crippen molar-refractivity contribution in [2.24, 2.45) is 0 Å². The number of piperidine rings is 1. The van der Waals surface area contributed by atoms with Crippen molar-refractivity contribution >= 4 is 11.7 Å². The van der Waals surface area contributed by atoms with Crippen LogP contribution in [0.2, 0.25) is 0 Å². The third-order valence-corrected chi connectivity index (χ3v) is 3.73. The first-order valence-electron chi connectivity index (χ1n) is 7.27. The summed E-state index contributed by atoms with van der Waals surface area (Å²) in [7, 11) is 0. The Morgan fingerprint density at radius 3 is 2.89 bits per heavy atom. The molecule has 1 aromatic rings. The number of hydrogen-bond donors (Lipinski definition) is 1. The van der Waals surface area contributed by atoms with Crippen LogP contribution >= 0.6 is 0 Å². The number of carbonyl (C=O) groups excluding carboxylic acids is 1. The quantitative estimate of drug-likeness (QED) is 0.906. The van der Waals surface area contributed by atoms with Gasteiger partial charge in [0.2, 0.25) is 0 Å². The van der Waals surface area contributed by atoms with Crippen LogP contribution in [0, 0.1) is 0 Å². The minimum atomic E-state index is 0.127. The van der Waals surface area contributed by atoms with E-state index in [0.29, 0.717) is 11.6 Å². The fraction of sp³-hybridized carbons (Fsp3) is 0.600. The lowest BCUT2D eigenvalue weighted by atomic mass is 9.99. The highest BCUT2D eigenvalue weighted by Crippen LogP contribution is 2.21. The van der Waals surface area contributed by atoms with Crippen molar-refractivity contribution in [3.05, 3.63) is 23.9 Å². The van der Waals surface area contributed by atoms with Crippen LogP contribution in [-0.4, -0.2) is 34.9 Å². The molecule has 1 aliphatic heterocycles. The Bertz CT molecular complexity index is 416. The summed E-state index contributed by atoms with van der Waals surface area (Å²) in [4.78, 5) is 18.8. The van der Waals surface area contributed by atoms with Crippen LogP contribution in [0.5, 0.6) is 0 Å². The third-order valence-electron chi connectivity index (χ3n) is 3.73. The molecule has 2 rings (SSSR count). The number of aromatic nitrogens is 1. The van der Waals surface area contributed by atoms with Gasteiger partial charge in [-0.3, -0.25) is 4.79 Å². The van der Waals surface area contributed by atoms with Gasteiger partial charge in [0.25, 0.3) is 5.91 Å². The standard InChI is InChI=1S/C15H23N3O/c1-3-13-7-5-6-10-18(13)15(19)12-8-9-14(16-4-2)17-11-12/h8-9,11,13H,3-7,10H2,1-2H3,(H,16,17). The van der Waals surface area contributed by atoms with Gasteiger partial charge in [-0.15, -0.1) is 0 Å². The molecule has 0 bridgehead atoms. The molecule has 1 aliphatic rings. The molecule has 0 aromatic carbocycles. The smallest absolute Gasteiger partial charge is 0.255 e. The predicted molar refractivity (Wildman–Crippen MR) is 77.4 cm³/mol. The average molecular weight is 261 g/mol. The average Bonchev–Trinajstić information content (AvgIpc) is 2.47. The molecule has 4 nitrogen and oxygen atoms in total. The highest BCUT2D eigenvalue weighted by atomic mass is 16.2. The predicted octanol–water partition coefficient (Wildman–Crippen LogP) is 2.92. The lowest BCUT2D eigenvalue weighted by molar-refractivity contribution is 0.0607. The lowest BCUT2D eigenvalue weighted by Gasteiger charge is -2.35. The van der Waals surface area contributed by atoms with Crippen LogP contribution < -0.4 is 5.32 Å². The maximum absolute atomic E-state index is 12.5. The van der Waals surface area contributed by atoms with E-state index in [1.807, 2.05) is 24.0 Å². The van der Waals surface area contributed by atoms with Crippen molar-refractivity contribution in [1.82, 2.24) is 9.88 Å². The van der Waals surface area contributed by atoms with Crippen LogP contribution in [0.3, 0.4) is 0 Å². The summed E-state index contributed by atoms with van der Waals surface area (Å²) in [5.41, 5.74) is 0.696. The fourth-order valence-electron chi connectivity index (χ4n) is 2.66. The van der Waals surface area contributed by atoms with Gasteiger partial charge in [-0.2, -0.15) is 0 Å². The normalized spacial score (nSPS) is 19.3. The van der Waals surface area contributed by atoms with E-state index in [1.165, 1.54) is 6.42 Å². The van der Waals surface area contributed by atoms with Gasteiger partial charge in [0.05, 0.1) is 5.56 Å². The molecule has 0 radical (unpaired) electrons. The van der Waals surface area contributed by atoms with Gasteiger partial charge in [0.15, 0.2) is 0 Å². The number of nitrogens with zero attached hydrogens (tertiary/aromatic N) is 2. The van der Waals surface area contributed by atoms with E-state index in [1.54, 1.807) is 6.20 Å². The SMILES string of the molecule is CCNc1ccc(C(=O)N2CCCCC2CC)cn1. The zero-order chi connectivity index (χ0) is 13.7. The maximum atomic E-state index is 12.5. The van der Waals surface area contributed by atoms with E-state index >= 15 is 0 Å². The van der Waals surface area contributed by atoms with E-state index in [-0.39, 0.29) is 5.91 Å². The Morgan fingerprint density at radius 2 is 2.26 bits per heavy atom. The Kier molecular flexibility index (Phi) is 4.77. The fourth-order valence-corrected chi connectivity index (χ4v) is 2.66. The van der Waals surface area contributed by atoms with Crippen molar-refractivity contribution in [1.29, 1.82) is 0 Å². The molecule has 4 heteroatoms. The zero-order valence-corrected chi connectivity index (χ0v) is 11.9. The summed E-state index contributed by atoms with van der Waals surface area (Å²) >= 11 is 0. The molecule has 104 valence electrons. The summed E-state index contributed by atoms with van der Waals surface area (Å²) in [5, 5.41) is 3.14. The number of hydrogen-bond acceptors (Lipinski definition) is 3. The van der Waals surface area contributed by atoms with Gasteiger partial charge in [-0.25, -0.2) is 4.98 Å². The third kappa shape index (κ3) is 3.25. The monoisotopic (exact) mass is 261 g/mol. The second-order valence-electron chi connectivity index (χ2n) is 5.02. The van der Waals surface area contributed by atoms with E-state index in [2.05, 4.69) is 17.2 Å². The molecule has 19 heavy (non-hydrogen) atoms. The van der Waals surface area contributed by atoms with Crippen molar-refractivity contribution in [3.8, 4) is 0 Å². The van der Waals surface area contributed by atoms with E-state index in [0.717, 1.165) is 38.2 Å². The number of anilines is 1. The topological polar surface area (TPSA) is 45.2 Å². The first kappa shape index (κ1) is 13.8. The van der Waals surface area contributed by atoms with Gasteiger partial charge in [0, 0.05) is 25.3 Å². The summed E-state index contributed by atoms with van der Waals surface area (Å²) in [6.07, 6.45) is 6.20.